The van der Waals surface area contributed by atoms with Crippen molar-refractivity contribution < 1.29 is 18.0 Å². The third-order valence-corrected chi connectivity index (χ3v) is 8.44. The van der Waals surface area contributed by atoms with Crippen LogP contribution in [-0.4, -0.2) is 37.6 Å². The highest BCUT2D eigenvalue weighted by molar-refractivity contribution is 7.89. The van der Waals surface area contributed by atoms with Crippen LogP contribution in [0.4, 0.5) is 11.4 Å². The van der Waals surface area contributed by atoms with Crippen molar-refractivity contribution in [1.82, 2.24) is 4.31 Å². The number of hydrogen-bond donors (Lipinski definition) is 2. The molecule has 4 rings (SSSR count). The summed E-state index contributed by atoms with van der Waals surface area (Å²) in [5, 5.41) is 5.69. The SMILES string of the molecule is Cc1ccc(S(=O)(=O)N2CCCC2)cc1C(=O)Nc1cccc(NC(=O)c2ccc(C(C)(C)C)cc2)c1. The van der Waals surface area contributed by atoms with Crippen molar-refractivity contribution in [2.24, 2.45) is 0 Å². The molecule has 0 aliphatic carbocycles. The minimum atomic E-state index is -3.64. The lowest BCUT2D eigenvalue weighted by atomic mass is 9.87. The highest BCUT2D eigenvalue weighted by Gasteiger charge is 2.28. The first kappa shape index (κ1) is 26.6. The van der Waals surface area contributed by atoms with Crippen LogP contribution in [0.2, 0.25) is 0 Å². The van der Waals surface area contributed by atoms with E-state index in [0.717, 1.165) is 18.4 Å². The van der Waals surface area contributed by atoms with E-state index in [-0.39, 0.29) is 21.8 Å². The maximum absolute atomic E-state index is 13.1. The molecule has 1 heterocycles. The standard InChI is InChI=1S/C29H33N3O4S/c1-20-10-15-25(37(35,36)32-16-5-6-17-32)19-26(20)28(34)31-24-9-7-8-23(18-24)30-27(33)21-11-13-22(14-12-21)29(2,3)4/h7-15,18-19H,5-6,16-17H2,1-4H3,(H,30,33)(H,31,34). The molecule has 37 heavy (non-hydrogen) atoms. The predicted octanol–water partition coefficient (Wildman–Crippen LogP) is 5.58. The van der Waals surface area contributed by atoms with Crippen LogP contribution in [0.1, 0.15) is 65.5 Å². The molecule has 0 radical (unpaired) electrons. The summed E-state index contributed by atoms with van der Waals surface area (Å²) < 4.78 is 27.4. The topological polar surface area (TPSA) is 95.6 Å². The van der Waals surface area contributed by atoms with Gasteiger partial charge in [-0.05, 0) is 78.8 Å². The van der Waals surface area contributed by atoms with Crippen LogP contribution < -0.4 is 10.6 Å². The number of nitrogens with zero attached hydrogens (tertiary/aromatic N) is 1. The first-order valence-corrected chi connectivity index (χ1v) is 13.8. The lowest BCUT2D eigenvalue weighted by Gasteiger charge is -2.19. The van der Waals surface area contributed by atoms with Crippen molar-refractivity contribution in [3.63, 3.8) is 0 Å². The molecule has 0 aromatic heterocycles. The molecule has 194 valence electrons. The quantitative estimate of drug-likeness (QED) is 0.444. The number of amides is 2. The van der Waals surface area contributed by atoms with E-state index in [1.165, 1.54) is 10.4 Å². The molecule has 0 atom stereocenters. The van der Waals surface area contributed by atoms with Crippen molar-refractivity contribution in [2.75, 3.05) is 23.7 Å². The van der Waals surface area contributed by atoms with Crippen LogP contribution in [0.15, 0.2) is 71.6 Å². The number of nitrogens with one attached hydrogen (secondary N) is 2. The van der Waals surface area contributed by atoms with E-state index in [4.69, 9.17) is 0 Å². The average molecular weight is 520 g/mol. The van der Waals surface area contributed by atoms with E-state index in [1.807, 2.05) is 12.1 Å². The Labute approximate surface area is 218 Å². The van der Waals surface area contributed by atoms with Crippen molar-refractivity contribution in [2.45, 2.75) is 50.8 Å². The molecule has 1 aliphatic rings. The van der Waals surface area contributed by atoms with Gasteiger partial charge in [-0.15, -0.1) is 0 Å². The van der Waals surface area contributed by atoms with Gasteiger partial charge < -0.3 is 10.6 Å². The van der Waals surface area contributed by atoms with E-state index < -0.39 is 15.9 Å². The van der Waals surface area contributed by atoms with Crippen LogP contribution in [0, 0.1) is 6.92 Å². The number of carbonyl (C=O) groups is 2. The Morgan fingerprint density at radius 3 is 2.00 bits per heavy atom. The van der Waals surface area contributed by atoms with Crippen LogP contribution in [0.25, 0.3) is 0 Å². The number of anilines is 2. The fourth-order valence-corrected chi connectivity index (χ4v) is 5.83. The average Bonchev–Trinajstić information content (AvgIpc) is 3.40. The summed E-state index contributed by atoms with van der Waals surface area (Å²) in [5.41, 5.74) is 3.64. The zero-order chi connectivity index (χ0) is 26.8. The van der Waals surface area contributed by atoms with Gasteiger partial charge in [0, 0.05) is 35.6 Å². The summed E-state index contributed by atoms with van der Waals surface area (Å²) in [6.07, 6.45) is 1.68. The molecule has 1 fully saturated rings. The van der Waals surface area contributed by atoms with E-state index in [1.54, 1.807) is 55.5 Å². The molecule has 2 N–H and O–H groups in total. The number of sulfonamides is 1. The van der Waals surface area contributed by atoms with Gasteiger partial charge in [-0.25, -0.2) is 8.42 Å². The third kappa shape index (κ3) is 6.09. The molecule has 8 heteroatoms. The molecule has 0 unspecified atom stereocenters. The Bertz CT molecular complexity index is 1420. The van der Waals surface area contributed by atoms with Gasteiger partial charge >= 0.3 is 0 Å². The third-order valence-electron chi connectivity index (χ3n) is 6.55. The summed E-state index contributed by atoms with van der Waals surface area (Å²) in [7, 11) is -3.64. The van der Waals surface area contributed by atoms with Crippen LogP contribution in [0.5, 0.6) is 0 Å². The van der Waals surface area contributed by atoms with Gasteiger partial charge in [-0.2, -0.15) is 4.31 Å². The van der Waals surface area contributed by atoms with E-state index in [9.17, 15) is 18.0 Å². The van der Waals surface area contributed by atoms with Crippen molar-refractivity contribution in [1.29, 1.82) is 0 Å². The van der Waals surface area contributed by atoms with E-state index in [2.05, 4.69) is 31.4 Å². The Balaban J connectivity index is 1.48. The molecule has 0 bridgehead atoms. The van der Waals surface area contributed by atoms with Crippen molar-refractivity contribution >= 4 is 33.2 Å². The predicted molar refractivity (Wildman–Crippen MR) is 147 cm³/mol. The summed E-state index contributed by atoms with van der Waals surface area (Å²) in [6.45, 7) is 9.11. The zero-order valence-electron chi connectivity index (χ0n) is 21.7. The molecule has 1 aliphatic heterocycles. The lowest BCUT2D eigenvalue weighted by molar-refractivity contribution is 0.101. The molecule has 2 amide bonds. The largest absolute Gasteiger partial charge is 0.322 e. The second-order valence-electron chi connectivity index (χ2n) is 10.4. The smallest absolute Gasteiger partial charge is 0.255 e. The van der Waals surface area contributed by atoms with Gasteiger partial charge in [0.2, 0.25) is 10.0 Å². The molecule has 0 saturated carbocycles. The van der Waals surface area contributed by atoms with Gasteiger partial charge in [0.25, 0.3) is 11.8 Å². The minimum Gasteiger partial charge on any atom is -0.322 e. The van der Waals surface area contributed by atoms with E-state index >= 15 is 0 Å². The summed E-state index contributed by atoms with van der Waals surface area (Å²) in [6, 6.07) is 19.0. The summed E-state index contributed by atoms with van der Waals surface area (Å²) in [4.78, 5) is 26.0. The number of benzene rings is 3. The summed E-state index contributed by atoms with van der Waals surface area (Å²) in [5.74, 6) is -0.670. The second-order valence-corrected chi connectivity index (χ2v) is 12.3. The van der Waals surface area contributed by atoms with Crippen molar-refractivity contribution in [3.8, 4) is 0 Å². The van der Waals surface area contributed by atoms with Gasteiger partial charge in [0.05, 0.1) is 4.90 Å². The number of carbonyl (C=O) groups excluding carboxylic acids is 2. The highest BCUT2D eigenvalue weighted by atomic mass is 32.2. The molecule has 0 spiro atoms. The molecular weight excluding hydrogens is 486 g/mol. The van der Waals surface area contributed by atoms with Crippen molar-refractivity contribution in [3.05, 3.63) is 89.0 Å². The van der Waals surface area contributed by atoms with Crippen LogP contribution in [-0.2, 0) is 15.4 Å². The van der Waals surface area contributed by atoms with Crippen LogP contribution in [0.3, 0.4) is 0 Å². The van der Waals surface area contributed by atoms with Gasteiger partial charge in [-0.1, -0.05) is 45.0 Å². The van der Waals surface area contributed by atoms with E-state index in [0.29, 0.717) is 35.6 Å². The zero-order valence-corrected chi connectivity index (χ0v) is 22.5. The Kier molecular flexibility index (Phi) is 7.52. The normalized spacial score (nSPS) is 14.4. The fourth-order valence-electron chi connectivity index (χ4n) is 4.28. The van der Waals surface area contributed by atoms with Gasteiger partial charge in [-0.3, -0.25) is 9.59 Å². The van der Waals surface area contributed by atoms with Gasteiger partial charge in [0.1, 0.15) is 0 Å². The highest BCUT2D eigenvalue weighted by Crippen LogP contribution is 2.25. The fraction of sp³-hybridized carbons (Fsp3) is 0.310. The molecule has 7 nitrogen and oxygen atoms in total. The Morgan fingerprint density at radius 1 is 0.811 bits per heavy atom. The Hall–Kier alpha value is -3.49. The first-order chi connectivity index (χ1) is 17.4. The maximum atomic E-state index is 13.1. The number of aryl methyl sites for hydroxylation is 1. The summed E-state index contributed by atoms with van der Waals surface area (Å²) >= 11 is 0. The monoisotopic (exact) mass is 519 g/mol. The molecular formula is C29H33N3O4S. The van der Waals surface area contributed by atoms with Crippen LogP contribution >= 0.6 is 0 Å². The first-order valence-electron chi connectivity index (χ1n) is 12.4. The number of hydrogen-bond acceptors (Lipinski definition) is 4. The molecule has 3 aromatic carbocycles. The maximum Gasteiger partial charge on any atom is 0.255 e. The minimum absolute atomic E-state index is 0.00220. The Morgan fingerprint density at radius 2 is 1.41 bits per heavy atom. The number of rotatable bonds is 6. The molecule has 1 saturated heterocycles. The lowest BCUT2D eigenvalue weighted by Crippen LogP contribution is -2.28. The van der Waals surface area contributed by atoms with Gasteiger partial charge in [0.15, 0.2) is 0 Å². The molecule has 3 aromatic rings. The second kappa shape index (κ2) is 10.5.